The number of amides is 1. The van der Waals surface area contributed by atoms with Gasteiger partial charge in [-0.1, -0.05) is 23.7 Å². The molecule has 3 rings (SSSR count). The second-order valence-electron chi connectivity index (χ2n) is 5.09. The first-order valence-electron chi connectivity index (χ1n) is 6.84. The van der Waals surface area contributed by atoms with Gasteiger partial charge in [0.05, 0.1) is 5.69 Å². The van der Waals surface area contributed by atoms with Gasteiger partial charge in [0, 0.05) is 30.0 Å². The Bertz CT molecular complexity index is 724. The number of anilines is 1. The van der Waals surface area contributed by atoms with E-state index in [9.17, 15) is 4.79 Å². The first-order chi connectivity index (χ1) is 10.1. The summed E-state index contributed by atoms with van der Waals surface area (Å²) in [6.07, 6.45) is 7.79. The third-order valence-electron chi connectivity index (χ3n) is 3.65. The highest BCUT2D eigenvalue weighted by atomic mass is 35.5. The largest absolute Gasteiger partial charge is 0.308 e. The standard InChI is InChI=1S/C17H15ClN2O/c1-12-2-3-13(10-15(12)18)4-5-17(21)20-9-7-14-11-19-8-6-16(14)20/h2-6,8,10-11H,7,9H2,1H3/b5-4+. The van der Waals surface area contributed by atoms with Crippen LogP contribution in [0.3, 0.4) is 0 Å². The summed E-state index contributed by atoms with van der Waals surface area (Å²) in [5.41, 5.74) is 4.04. The van der Waals surface area contributed by atoms with Crippen molar-refractivity contribution in [3.05, 3.63) is 64.4 Å². The molecule has 0 radical (unpaired) electrons. The molecule has 1 aromatic heterocycles. The molecule has 0 saturated heterocycles. The quantitative estimate of drug-likeness (QED) is 0.793. The maximum atomic E-state index is 12.3. The van der Waals surface area contributed by atoms with Crippen LogP contribution in [0, 0.1) is 6.92 Å². The number of hydrogen-bond acceptors (Lipinski definition) is 2. The second kappa shape index (κ2) is 5.70. The normalized spacial score (nSPS) is 13.7. The fourth-order valence-electron chi connectivity index (χ4n) is 2.43. The van der Waals surface area contributed by atoms with Gasteiger partial charge in [0.15, 0.2) is 0 Å². The van der Waals surface area contributed by atoms with Gasteiger partial charge in [0.25, 0.3) is 5.91 Å². The van der Waals surface area contributed by atoms with Gasteiger partial charge in [-0.05, 0) is 48.2 Å². The van der Waals surface area contributed by atoms with Crippen LogP contribution in [0.15, 0.2) is 42.7 Å². The zero-order valence-corrected chi connectivity index (χ0v) is 12.5. The number of hydrogen-bond donors (Lipinski definition) is 0. The van der Waals surface area contributed by atoms with Crippen molar-refractivity contribution >= 4 is 29.3 Å². The van der Waals surface area contributed by atoms with Crippen LogP contribution >= 0.6 is 11.6 Å². The number of aryl methyl sites for hydroxylation is 1. The van der Waals surface area contributed by atoms with E-state index in [1.807, 2.05) is 37.4 Å². The molecule has 0 bridgehead atoms. The third-order valence-corrected chi connectivity index (χ3v) is 4.06. The van der Waals surface area contributed by atoms with Crippen LogP contribution in [0.4, 0.5) is 5.69 Å². The van der Waals surface area contributed by atoms with Crippen molar-refractivity contribution in [3.63, 3.8) is 0 Å². The van der Waals surface area contributed by atoms with E-state index < -0.39 is 0 Å². The van der Waals surface area contributed by atoms with Crippen LogP contribution in [-0.4, -0.2) is 17.4 Å². The van der Waals surface area contributed by atoms with Gasteiger partial charge in [-0.25, -0.2) is 0 Å². The molecule has 3 nitrogen and oxygen atoms in total. The van der Waals surface area contributed by atoms with E-state index in [0.29, 0.717) is 11.6 Å². The van der Waals surface area contributed by atoms with Gasteiger partial charge in [0.2, 0.25) is 0 Å². The van der Waals surface area contributed by atoms with Crippen molar-refractivity contribution in [3.8, 4) is 0 Å². The van der Waals surface area contributed by atoms with Crippen LogP contribution in [-0.2, 0) is 11.2 Å². The molecule has 1 aromatic carbocycles. The Kier molecular flexibility index (Phi) is 3.76. The summed E-state index contributed by atoms with van der Waals surface area (Å²) in [4.78, 5) is 18.2. The van der Waals surface area contributed by atoms with Crippen LogP contribution in [0.1, 0.15) is 16.7 Å². The maximum Gasteiger partial charge on any atom is 0.251 e. The number of carbonyl (C=O) groups excluding carboxylic acids is 1. The van der Waals surface area contributed by atoms with Crippen LogP contribution in [0.5, 0.6) is 0 Å². The topological polar surface area (TPSA) is 33.2 Å². The summed E-state index contributed by atoms with van der Waals surface area (Å²) >= 11 is 6.09. The lowest BCUT2D eigenvalue weighted by Crippen LogP contribution is -2.26. The van der Waals surface area contributed by atoms with E-state index in [-0.39, 0.29) is 5.91 Å². The van der Waals surface area contributed by atoms with Gasteiger partial charge in [0.1, 0.15) is 0 Å². The highest BCUT2D eigenvalue weighted by Gasteiger charge is 2.22. The smallest absolute Gasteiger partial charge is 0.251 e. The maximum absolute atomic E-state index is 12.3. The minimum Gasteiger partial charge on any atom is -0.308 e. The average molecular weight is 299 g/mol. The summed E-state index contributed by atoms with van der Waals surface area (Å²) in [5.74, 6) is -0.0170. The molecule has 0 saturated carbocycles. The first kappa shape index (κ1) is 13.8. The van der Waals surface area contributed by atoms with Crippen molar-refractivity contribution in [1.29, 1.82) is 0 Å². The fourth-order valence-corrected chi connectivity index (χ4v) is 2.62. The fraction of sp³-hybridized carbons (Fsp3) is 0.176. The molecule has 4 heteroatoms. The van der Waals surface area contributed by atoms with Crippen molar-refractivity contribution in [1.82, 2.24) is 4.98 Å². The Hall–Kier alpha value is -2.13. The average Bonchev–Trinajstić information content (AvgIpc) is 2.92. The molecule has 0 spiro atoms. The number of halogens is 1. The van der Waals surface area contributed by atoms with E-state index in [1.54, 1.807) is 23.2 Å². The van der Waals surface area contributed by atoms with E-state index in [2.05, 4.69) is 4.98 Å². The number of aromatic nitrogens is 1. The zero-order valence-electron chi connectivity index (χ0n) is 11.7. The van der Waals surface area contributed by atoms with Crippen LogP contribution in [0.25, 0.3) is 6.08 Å². The summed E-state index contributed by atoms with van der Waals surface area (Å²) in [5, 5.41) is 0.710. The summed E-state index contributed by atoms with van der Waals surface area (Å²) < 4.78 is 0. The molecule has 0 fully saturated rings. The molecule has 0 atom stereocenters. The number of carbonyl (C=O) groups is 1. The SMILES string of the molecule is Cc1ccc(/C=C/C(=O)N2CCc3cnccc32)cc1Cl. The monoisotopic (exact) mass is 298 g/mol. The van der Waals surface area contributed by atoms with Crippen molar-refractivity contribution in [2.24, 2.45) is 0 Å². The molecular formula is C17H15ClN2O. The molecule has 1 aliphatic rings. The minimum atomic E-state index is -0.0170. The number of pyridine rings is 1. The van der Waals surface area contributed by atoms with Gasteiger partial charge < -0.3 is 4.90 Å². The van der Waals surface area contributed by atoms with Crippen LogP contribution < -0.4 is 4.90 Å². The molecule has 0 N–H and O–H groups in total. The Labute approximate surface area is 128 Å². The van der Waals surface area contributed by atoms with Crippen molar-refractivity contribution in [2.75, 3.05) is 11.4 Å². The molecular weight excluding hydrogens is 284 g/mol. The Morgan fingerprint density at radius 1 is 1.38 bits per heavy atom. The van der Waals surface area contributed by atoms with E-state index >= 15 is 0 Å². The predicted octanol–water partition coefficient (Wildman–Crippen LogP) is 3.65. The molecule has 1 aliphatic heterocycles. The number of nitrogens with zero attached hydrogens (tertiary/aromatic N) is 2. The van der Waals surface area contributed by atoms with Gasteiger partial charge in [-0.15, -0.1) is 0 Å². The Morgan fingerprint density at radius 2 is 2.24 bits per heavy atom. The molecule has 0 aliphatic carbocycles. The predicted molar refractivity (Wildman–Crippen MR) is 85.5 cm³/mol. The molecule has 106 valence electrons. The van der Waals surface area contributed by atoms with Crippen LogP contribution in [0.2, 0.25) is 5.02 Å². The lowest BCUT2D eigenvalue weighted by atomic mass is 10.1. The number of benzene rings is 1. The van der Waals surface area contributed by atoms with Crippen molar-refractivity contribution < 1.29 is 4.79 Å². The minimum absolute atomic E-state index is 0.0170. The second-order valence-corrected chi connectivity index (χ2v) is 5.49. The Balaban J connectivity index is 1.78. The van der Waals surface area contributed by atoms with Crippen molar-refractivity contribution in [2.45, 2.75) is 13.3 Å². The van der Waals surface area contributed by atoms with E-state index in [0.717, 1.165) is 28.8 Å². The Morgan fingerprint density at radius 3 is 3.05 bits per heavy atom. The third kappa shape index (κ3) is 2.83. The first-order valence-corrected chi connectivity index (χ1v) is 7.21. The number of fused-ring (bicyclic) bond motifs is 1. The highest BCUT2D eigenvalue weighted by molar-refractivity contribution is 6.31. The van der Waals surface area contributed by atoms with Gasteiger partial charge in [-0.2, -0.15) is 0 Å². The summed E-state index contributed by atoms with van der Waals surface area (Å²) in [6.45, 7) is 2.66. The molecule has 21 heavy (non-hydrogen) atoms. The lowest BCUT2D eigenvalue weighted by Gasteiger charge is -2.14. The van der Waals surface area contributed by atoms with Gasteiger partial charge in [-0.3, -0.25) is 9.78 Å². The molecule has 0 unspecified atom stereocenters. The molecule has 1 amide bonds. The van der Waals surface area contributed by atoms with E-state index in [1.165, 1.54) is 0 Å². The summed E-state index contributed by atoms with van der Waals surface area (Å²) in [7, 11) is 0. The summed E-state index contributed by atoms with van der Waals surface area (Å²) in [6, 6.07) is 7.65. The zero-order chi connectivity index (χ0) is 14.8. The van der Waals surface area contributed by atoms with Gasteiger partial charge >= 0.3 is 0 Å². The van der Waals surface area contributed by atoms with E-state index in [4.69, 9.17) is 11.6 Å². The molecule has 2 aromatic rings. The molecule has 2 heterocycles. The lowest BCUT2D eigenvalue weighted by molar-refractivity contribution is -0.114. The highest BCUT2D eigenvalue weighted by Crippen LogP contribution is 2.27. The number of rotatable bonds is 2.